The van der Waals surface area contributed by atoms with Crippen LogP contribution in [0.4, 0.5) is 0 Å². The first kappa shape index (κ1) is 21.9. The minimum Gasteiger partial charge on any atom is -0.497 e. The number of hydrogen-bond acceptors (Lipinski definition) is 7. The van der Waals surface area contributed by atoms with Gasteiger partial charge in [0.25, 0.3) is 5.91 Å². The Bertz CT molecular complexity index is 826. The highest BCUT2D eigenvalue weighted by molar-refractivity contribution is 5.81. The molecule has 29 heavy (non-hydrogen) atoms. The Morgan fingerprint density at radius 2 is 1.55 bits per heavy atom. The quantitative estimate of drug-likeness (QED) is 0.608. The van der Waals surface area contributed by atoms with Crippen molar-refractivity contribution in [3.8, 4) is 23.0 Å². The highest BCUT2D eigenvalue weighted by Crippen LogP contribution is 2.38. The summed E-state index contributed by atoms with van der Waals surface area (Å²) in [7, 11) is 6.06. The summed E-state index contributed by atoms with van der Waals surface area (Å²) in [5.41, 5.74) is 1.49. The number of ether oxygens (including phenoxy) is 5. The first-order chi connectivity index (χ1) is 14.0. The van der Waals surface area contributed by atoms with Gasteiger partial charge in [0.15, 0.2) is 18.1 Å². The van der Waals surface area contributed by atoms with E-state index in [0.717, 1.165) is 5.56 Å². The topological polar surface area (TPSA) is 92.3 Å². The second kappa shape index (κ2) is 10.8. The minimum absolute atomic E-state index is 0.0418. The van der Waals surface area contributed by atoms with Crippen LogP contribution in [0, 0.1) is 0 Å². The number of hydrogen-bond donors (Lipinski definition) is 1. The number of benzene rings is 2. The Morgan fingerprint density at radius 1 is 0.862 bits per heavy atom. The highest BCUT2D eigenvalue weighted by Gasteiger charge is 2.16. The van der Waals surface area contributed by atoms with Crippen molar-refractivity contribution in [3.05, 3.63) is 47.5 Å². The summed E-state index contributed by atoms with van der Waals surface area (Å²) in [5.74, 6) is 1.07. The molecule has 8 nitrogen and oxygen atoms in total. The zero-order chi connectivity index (χ0) is 21.2. The molecule has 1 N–H and O–H groups in total. The van der Waals surface area contributed by atoms with Gasteiger partial charge in [-0.25, -0.2) is 0 Å². The number of rotatable bonds is 10. The van der Waals surface area contributed by atoms with E-state index < -0.39 is 11.9 Å². The van der Waals surface area contributed by atoms with Gasteiger partial charge in [-0.3, -0.25) is 9.59 Å². The molecule has 0 atom stereocenters. The summed E-state index contributed by atoms with van der Waals surface area (Å²) < 4.78 is 26.0. The van der Waals surface area contributed by atoms with Crippen LogP contribution in [0.15, 0.2) is 36.4 Å². The molecule has 0 heterocycles. The first-order valence-electron chi connectivity index (χ1n) is 8.84. The van der Waals surface area contributed by atoms with Gasteiger partial charge in [0.1, 0.15) is 5.75 Å². The van der Waals surface area contributed by atoms with Crippen LogP contribution >= 0.6 is 0 Å². The Balaban J connectivity index is 1.86. The third-order valence-electron chi connectivity index (χ3n) is 4.06. The molecule has 0 unspecified atom stereocenters. The summed E-state index contributed by atoms with van der Waals surface area (Å²) in [4.78, 5) is 24.0. The van der Waals surface area contributed by atoms with Crippen molar-refractivity contribution in [1.82, 2.24) is 5.32 Å². The van der Waals surface area contributed by atoms with E-state index in [1.54, 1.807) is 19.2 Å². The molecule has 156 valence electrons. The van der Waals surface area contributed by atoms with E-state index in [0.29, 0.717) is 35.1 Å². The van der Waals surface area contributed by atoms with E-state index in [1.165, 1.54) is 21.3 Å². The summed E-state index contributed by atoms with van der Waals surface area (Å²) in [6.07, 6.45) is -0.0418. The number of methoxy groups -OCH3 is 4. The van der Waals surface area contributed by atoms with Gasteiger partial charge in [-0.1, -0.05) is 12.1 Å². The molecule has 2 aromatic rings. The van der Waals surface area contributed by atoms with Gasteiger partial charge in [0.05, 0.1) is 34.9 Å². The van der Waals surface area contributed by atoms with E-state index in [9.17, 15) is 9.59 Å². The van der Waals surface area contributed by atoms with Crippen molar-refractivity contribution >= 4 is 11.9 Å². The molecule has 0 saturated carbocycles. The summed E-state index contributed by atoms with van der Waals surface area (Å²) >= 11 is 0. The van der Waals surface area contributed by atoms with Gasteiger partial charge < -0.3 is 29.0 Å². The monoisotopic (exact) mass is 403 g/mol. The second-order valence-corrected chi connectivity index (χ2v) is 6.00. The molecule has 2 rings (SSSR count). The zero-order valence-electron chi connectivity index (χ0n) is 16.9. The van der Waals surface area contributed by atoms with E-state index in [-0.39, 0.29) is 13.0 Å². The van der Waals surface area contributed by atoms with Crippen molar-refractivity contribution in [3.63, 3.8) is 0 Å². The maximum absolute atomic E-state index is 12.1. The highest BCUT2D eigenvalue weighted by atomic mass is 16.5. The van der Waals surface area contributed by atoms with Crippen LogP contribution in [0.3, 0.4) is 0 Å². The minimum atomic E-state index is -0.546. The number of esters is 1. The molecule has 0 bridgehead atoms. The maximum Gasteiger partial charge on any atom is 0.310 e. The lowest BCUT2D eigenvalue weighted by atomic mass is 10.1. The van der Waals surface area contributed by atoms with E-state index in [4.69, 9.17) is 23.7 Å². The van der Waals surface area contributed by atoms with E-state index in [1.807, 2.05) is 24.3 Å². The molecule has 1 amide bonds. The zero-order valence-corrected chi connectivity index (χ0v) is 16.9. The normalized spacial score (nSPS) is 10.1. The molecule has 0 saturated heterocycles. The van der Waals surface area contributed by atoms with Gasteiger partial charge in [-0.15, -0.1) is 0 Å². The molecule has 0 aliphatic heterocycles. The van der Waals surface area contributed by atoms with Gasteiger partial charge in [0, 0.05) is 6.54 Å². The van der Waals surface area contributed by atoms with E-state index >= 15 is 0 Å². The maximum atomic E-state index is 12.1. The fourth-order valence-electron chi connectivity index (χ4n) is 2.64. The number of carbonyl (C=O) groups excluding carboxylic acids is 2. The molecule has 0 fully saturated rings. The standard InChI is InChI=1S/C21H25NO7/c1-25-16-7-5-6-14(8-16)12-22-19(23)13-29-20(24)11-15-9-17(26-2)21(28-4)18(10-15)27-3/h5-10H,11-13H2,1-4H3,(H,22,23). The lowest BCUT2D eigenvalue weighted by Gasteiger charge is -2.14. The Hall–Kier alpha value is -3.42. The van der Waals surface area contributed by atoms with Crippen LogP contribution in [0.5, 0.6) is 23.0 Å². The first-order valence-corrected chi connectivity index (χ1v) is 8.84. The van der Waals surface area contributed by atoms with Crippen molar-refractivity contribution in [2.24, 2.45) is 0 Å². The molecular formula is C21H25NO7. The Labute approximate surface area is 169 Å². The molecule has 0 spiro atoms. The van der Waals surface area contributed by atoms with Crippen LogP contribution in [0.25, 0.3) is 0 Å². The third-order valence-corrected chi connectivity index (χ3v) is 4.06. The fraction of sp³-hybridized carbons (Fsp3) is 0.333. The molecule has 0 radical (unpaired) electrons. The molecule has 2 aromatic carbocycles. The molecular weight excluding hydrogens is 378 g/mol. The van der Waals surface area contributed by atoms with Crippen LogP contribution in [-0.4, -0.2) is 46.9 Å². The number of carbonyl (C=O) groups is 2. The second-order valence-electron chi connectivity index (χ2n) is 6.00. The van der Waals surface area contributed by atoms with Crippen LogP contribution in [0.1, 0.15) is 11.1 Å². The van der Waals surface area contributed by atoms with Crippen molar-refractivity contribution in [2.75, 3.05) is 35.0 Å². The lowest BCUT2D eigenvalue weighted by molar-refractivity contribution is -0.147. The number of amides is 1. The Kier molecular flexibility index (Phi) is 8.14. The lowest BCUT2D eigenvalue weighted by Crippen LogP contribution is -2.28. The predicted molar refractivity (Wildman–Crippen MR) is 106 cm³/mol. The number of nitrogens with one attached hydrogen (secondary N) is 1. The van der Waals surface area contributed by atoms with Gasteiger partial charge in [0.2, 0.25) is 5.75 Å². The fourth-order valence-corrected chi connectivity index (χ4v) is 2.64. The molecule has 0 aliphatic rings. The summed E-state index contributed by atoms with van der Waals surface area (Å²) in [5, 5.41) is 2.69. The predicted octanol–water partition coefficient (Wildman–Crippen LogP) is 2.12. The largest absolute Gasteiger partial charge is 0.497 e. The average molecular weight is 403 g/mol. The SMILES string of the molecule is COc1cccc(CNC(=O)COC(=O)Cc2cc(OC)c(OC)c(OC)c2)c1. The molecule has 8 heteroatoms. The third kappa shape index (κ3) is 6.31. The molecule has 0 aromatic heterocycles. The van der Waals surface area contributed by atoms with E-state index in [2.05, 4.69) is 5.32 Å². The van der Waals surface area contributed by atoms with Crippen LogP contribution < -0.4 is 24.3 Å². The van der Waals surface area contributed by atoms with Gasteiger partial charge >= 0.3 is 5.97 Å². The Morgan fingerprint density at radius 3 is 2.14 bits per heavy atom. The molecule has 0 aliphatic carbocycles. The smallest absolute Gasteiger partial charge is 0.310 e. The van der Waals surface area contributed by atoms with Crippen LogP contribution in [0.2, 0.25) is 0 Å². The average Bonchev–Trinajstić information content (AvgIpc) is 2.75. The van der Waals surface area contributed by atoms with Gasteiger partial charge in [-0.05, 0) is 35.4 Å². The summed E-state index contributed by atoms with van der Waals surface area (Å²) in [6.45, 7) is -0.0618. The van der Waals surface area contributed by atoms with Crippen molar-refractivity contribution in [1.29, 1.82) is 0 Å². The van der Waals surface area contributed by atoms with Crippen molar-refractivity contribution in [2.45, 2.75) is 13.0 Å². The van der Waals surface area contributed by atoms with Crippen LogP contribution in [-0.2, 0) is 27.3 Å². The van der Waals surface area contributed by atoms with Crippen molar-refractivity contribution < 1.29 is 33.3 Å². The van der Waals surface area contributed by atoms with Gasteiger partial charge in [-0.2, -0.15) is 0 Å². The summed E-state index contributed by atoms with van der Waals surface area (Å²) in [6, 6.07) is 10.6.